The van der Waals surface area contributed by atoms with Gasteiger partial charge in [-0.05, 0) is 28.2 Å². The van der Waals surface area contributed by atoms with E-state index in [1.807, 2.05) is 60.7 Å². The molecule has 2 N–H and O–H groups in total. The van der Waals surface area contributed by atoms with E-state index in [4.69, 9.17) is 10.5 Å². The highest BCUT2D eigenvalue weighted by Gasteiger charge is 2.54. The SMILES string of the molecule is COc1ccc(C2C3CN(Cc4ccccc4)CC=C3C(C#N)=C(N)C2(C#N)C#N)c2ccccc12. The van der Waals surface area contributed by atoms with Crippen molar-refractivity contribution in [1.29, 1.82) is 15.8 Å². The lowest BCUT2D eigenvalue weighted by atomic mass is 9.57. The number of benzene rings is 3. The number of nitriles is 3. The molecule has 3 aromatic carbocycles. The molecule has 0 saturated heterocycles. The van der Waals surface area contributed by atoms with Gasteiger partial charge >= 0.3 is 0 Å². The molecule has 5 rings (SSSR count). The van der Waals surface area contributed by atoms with E-state index in [0.29, 0.717) is 13.1 Å². The summed E-state index contributed by atoms with van der Waals surface area (Å²) in [6.45, 7) is 1.97. The smallest absolute Gasteiger partial charge is 0.191 e. The molecule has 2 unspecified atom stereocenters. The van der Waals surface area contributed by atoms with Crippen LogP contribution in [0.25, 0.3) is 10.8 Å². The van der Waals surface area contributed by atoms with E-state index < -0.39 is 11.3 Å². The third-order valence-corrected chi connectivity index (χ3v) is 7.46. The van der Waals surface area contributed by atoms with Crippen LogP contribution in [0.2, 0.25) is 0 Å². The minimum Gasteiger partial charge on any atom is -0.496 e. The largest absolute Gasteiger partial charge is 0.496 e. The van der Waals surface area contributed by atoms with Gasteiger partial charge in [0.25, 0.3) is 0 Å². The lowest BCUT2D eigenvalue weighted by Crippen LogP contribution is -2.47. The van der Waals surface area contributed by atoms with Crippen molar-refractivity contribution in [3.63, 3.8) is 0 Å². The van der Waals surface area contributed by atoms with Crippen LogP contribution in [0.15, 0.2) is 89.6 Å². The molecule has 0 spiro atoms. The predicted molar refractivity (Wildman–Crippen MR) is 137 cm³/mol. The summed E-state index contributed by atoms with van der Waals surface area (Å²) in [5, 5.41) is 32.8. The van der Waals surface area contributed by atoms with Crippen molar-refractivity contribution >= 4 is 10.8 Å². The highest BCUT2D eigenvalue weighted by Crippen LogP contribution is 2.55. The van der Waals surface area contributed by atoms with Crippen molar-refractivity contribution in [3.05, 3.63) is 101 Å². The molecule has 1 heterocycles. The molecule has 0 radical (unpaired) electrons. The van der Waals surface area contributed by atoms with E-state index in [-0.39, 0.29) is 17.2 Å². The van der Waals surface area contributed by atoms with Crippen LogP contribution in [-0.4, -0.2) is 25.1 Å². The Morgan fingerprint density at radius 1 is 0.972 bits per heavy atom. The summed E-state index contributed by atoms with van der Waals surface area (Å²) in [7, 11) is 1.63. The van der Waals surface area contributed by atoms with Crippen molar-refractivity contribution in [3.8, 4) is 24.0 Å². The first-order chi connectivity index (χ1) is 17.6. The fourth-order valence-corrected chi connectivity index (χ4v) is 5.80. The van der Waals surface area contributed by atoms with Gasteiger partial charge in [-0.1, -0.05) is 66.7 Å². The molecule has 0 fully saturated rings. The summed E-state index contributed by atoms with van der Waals surface area (Å²) in [6, 6.07) is 28.6. The number of nitrogens with two attached hydrogens (primary N) is 1. The van der Waals surface area contributed by atoms with Crippen LogP contribution in [0.5, 0.6) is 5.75 Å². The molecule has 0 bridgehead atoms. The first kappa shape index (κ1) is 23.2. The maximum absolute atomic E-state index is 10.5. The number of methoxy groups -OCH3 is 1. The Bertz CT molecular complexity index is 1500. The fourth-order valence-electron chi connectivity index (χ4n) is 5.80. The molecule has 0 aromatic heterocycles. The molecule has 36 heavy (non-hydrogen) atoms. The van der Waals surface area contributed by atoms with Gasteiger partial charge < -0.3 is 10.5 Å². The standard InChI is InChI=1S/C30H25N5O/c1-36-27-12-11-24(21-9-5-6-10-23(21)27)28-26-17-35(16-20-7-3-2-4-8-20)14-13-22(26)25(15-31)29(34)30(28,18-32)19-33/h2-13,26,28H,14,16-17,34H2,1H3. The Morgan fingerprint density at radius 2 is 1.67 bits per heavy atom. The van der Waals surface area contributed by atoms with Crippen LogP contribution in [0.3, 0.4) is 0 Å². The first-order valence-electron chi connectivity index (χ1n) is 11.8. The number of hydrogen-bond donors (Lipinski definition) is 1. The zero-order valence-corrected chi connectivity index (χ0v) is 20.0. The average molecular weight is 472 g/mol. The second kappa shape index (κ2) is 9.23. The van der Waals surface area contributed by atoms with Crippen LogP contribution in [0.4, 0.5) is 0 Å². The van der Waals surface area contributed by atoms with Crippen LogP contribution < -0.4 is 10.5 Å². The summed E-state index contributed by atoms with van der Waals surface area (Å²) in [4.78, 5) is 2.29. The van der Waals surface area contributed by atoms with Crippen molar-refractivity contribution in [2.24, 2.45) is 17.1 Å². The highest BCUT2D eigenvalue weighted by molar-refractivity contribution is 5.92. The van der Waals surface area contributed by atoms with Gasteiger partial charge in [0.05, 0.1) is 30.5 Å². The van der Waals surface area contributed by atoms with Crippen molar-refractivity contribution in [1.82, 2.24) is 4.90 Å². The Hall–Kier alpha value is -4.57. The minimum absolute atomic E-state index is 0.0407. The highest BCUT2D eigenvalue weighted by atomic mass is 16.5. The normalized spacial score (nSPS) is 21.0. The molecule has 2 atom stereocenters. The van der Waals surface area contributed by atoms with E-state index in [2.05, 4.69) is 35.2 Å². The van der Waals surface area contributed by atoms with Gasteiger partial charge in [-0.15, -0.1) is 0 Å². The average Bonchev–Trinajstić information content (AvgIpc) is 2.93. The molecule has 1 aliphatic heterocycles. The third kappa shape index (κ3) is 3.50. The van der Waals surface area contributed by atoms with Crippen LogP contribution in [-0.2, 0) is 6.54 Å². The molecule has 6 heteroatoms. The van der Waals surface area contributed by atoms with Gasteiger partial charge in [0.1, 0.15) is 11.8 Å². The third-order valence-electron chi connectivity index (χ3n) is 7.46. The van der Waals surface area contributed by atoms with Gasteiger partial charge in [-0.3, -0.25) is 4.90 Å². The van der Waals surface area contributed by atoms with Crippen LogP contribution >= 0.6 is 0 Å². The molecule has 6 nitrogen and oxygen atoms in total. The fraction of sp³-hybridized carbons (Fsp3) is 0.233. The van der Waals surface area contributed by atoms with Gasteiger partial charge in [0.2, 0.25) is 0 Å². The van der Waals surface area contributed by atoms with Gasteiger partial charge in [0.15, 0.2) is 5.41 Å². The zero-order chi connectivity index (χ0) is 25.3. The van der Waals surface area contributed by atoms with E-state index in [1.54, 1.807) is 7.11 Å². The summed E-state index contributed by atoms with van der Waals surface area (Å²) >= 11 is 0. The second-order valence-electron chi connectivity index (χ2n) is 9.26. The molecule has 0 saturated carbocycles. The van der Waals surface area contributed by atoms with Crippen LogP contribution in [0.1, 0.15) is 17.0 Å². The Morgan fingerprint density at radius 3 is 2.33 bits per heavy atom. The maximum Gasteiger partial charge on any atom is 0.191 e. The molecule has 0 amide bonds. The topological polar surface area (TPSA) is 110 Å². The first-order valence-corrected chi connectivity index (χ1v) is 11.8. The van der Waals surface area contributed by atoms with Crippen molar-refractivity contribution in [2.45, 2.75) is 12.5 Å². The number of fused-ring (bicyclic) bond motifs is 2. The molecule has 1 aliphatic carbocycles. The van der Waals surface area contributed by atoms with Crippen molar-refractivity contribution in [2.75, 3.05) is 20.2 Å². The summed E-state index contributed by atoms with van der Waals surface area (Å²) in [5.41, 5.74) is 7.99. The molecular weight excluding hydrogens is 446 g/mol. The number of rotatable bonds is 4. The Kier molecular flexibility index (Phi) is 5.95. The van der Waals surface area contributed by atoms with Gasteiger partial charge in [0, 0.05) is 36.9 Å². The Labute approximate surface area is 210 Å². The molecule has 2 aliphatic rings. The van der Waals surface area contributed by atoms with E-state index >= 15 is 0 Å². The number of ether oxygens (including phenoxy) is 1. The van der Waals surface area contributed by atoms with Gasteiger partial charge in [-0.25, -0.2) is 0 Å². The van der Waals surface area contributed by atoms with Crippen LogP contribution in [0, 0.1) is 45.3 Å². The monoisotopic (exact) mass is 471 g/mol. The number of allylic oxidation sites excluding steroid dienone is 2. The quantitative estimate of drug-likeness (QED) is 0.587. The minimum atomic E-state index is -1.68. The lowest BCUT2D eigenvalue weighted by Gasteiger charge is -2.46. The Balaban J connectivity index is 1.72. The van der Waals surface area contributed by atoms with E-state index in [9.17, 15) is 15.8 Å². The number of nitrogens with zero attached hydrogens (tertiary/aromatic N) is 4. The lowest BCUT2D eigenvalue weighted by molar-refractivity contribution is 0.201. The van der Waals surface area contributed by atoms with E-state index in [1.165, 1.54) is 5.56 Å². The van der Waals surface area contributed by atoms with Crippen molar-refractivity contribution < 1.29 is 4.74 Å². The molecule has 176 valence electrons. The van der Waals surface area contributed by atoms with E-state index in [0.717, 1.165) is 34.2 Å². The summed E-state index contributed by atoms with van der Waals surface area (Å²) in [5.74, 6) is -0.109. The predicted octanol–water partition coefficient (Wildman–Crippen LogP) is 4.77. The summed E-state index contributed by atoms with van der Waals surface area (Å²) < 4.78 is 5.59. The maximum atomic E-state index is 10.5. The summed E-state index contributed by atoms with van der Waals surface area (Å²) in [6.07, 6.45) is 2.04. The second-order valence-corrected chi connectivity index (χ2v) is 9.26. The zero-order valence-electron chi connectivity index (χ0n) is 20.0. The number of hydrogen-bond acceptors (Lipinski definition) is 6. The molecular formula is C30H25N5O. The van der Waals surface area contributed by atoms with Gasteiger partial charge in [-0.2, -0.15) is 15.8 Å². The molecule has 3 aromatic rings.